The van der Waals surface area contributed by atoms with E-state index in [9.17, 15) is 4.79 Å². The molecule has 0 saturated carbocycles. The number of nitrogens with one attached hydrogen (secondary N) is 1. The molecule has 4 rings (SSSR count). The first-order chi connectivity index (χ1) is 13.1. The standard InChI is InChI=1S/C23H19Br2NO/c24-18-10-6-15(7-11-18)20-14-21(27)22(16-4-2-1-3-5-16)23(26-20)17-8-12-19(25)13-9-17/h1-13,20,22-23,26H,14H2/t20-,22-,23-/m1/s1. The molecule has 0 aliphatic carbocycles. The van der Waals surface area contributed by atoms with Crippen LogP contribution in [0, 0.1) is 0 Å². The topological polar surface area (TPSA) is 29.1 Å². The number of ketones is 1. The van der Waals surface area contributed by atoms with E-state index in [1.165, 1.54) is 0 Å². The summed E-state index contributed by atoms with van der Waals surface area (Å²) in [5.74, 6) is 0.0971. The highest BCUT2D eigenvalue weighted by Crippen LogP contribution is 2.41. The van der Waals surface area contributed by atoms with Gasteiger partial charge >= 0.3 is 0 Å². The van der Waals surface area contributed by atoms with Crippen LogP contribution in [0.15, 0.2) is 87.8 Å². The molecule has 0 unspecified atom stereocenters. The Hall–Kier alpha value is -1.75. The number of benzene rings is 3. The number of halogens is 2. The molecule has 3 atom stereocenters. The molecule has 0 aromatic heterocycles. The van der Waals surface area contributed by atoms with Crippen molar-refractivity contribution in [3.05, 3.63) is 104 Å². The van der Waals surface area contributed by atoms with Crippen molar-refractivity contribution in [1.82, 2.24) is 5.32 Å². The molecule has 1 N–H and O–H groups in total. The minimum atomic E-state index is -0.181. The smallest absolute Gasteiger partial charge is 0.144 e. The highest BCUT2D eigenvalue weighted by Gasteiger charge is 2.38. The minimum Gasteiger partial charge on any atom is -0.302 e. The summed E-state index contributed by atoms with van der Waals surface area (Å²) in [6.07, 6.45) is 0.494. The lowest BCUT2D eigenvalue weighted by Crippen LogP contribution is -2.41. The summed E-state index contributed by atoms with van der Waals surface area (Å²) in [6, 6.07) is 26.5. The molecule has 1 saturated heterocycles. The van der Waals surface area contributed by atoms with Crippen LogP contribution >= 0.6 is 31.9 Å². The van der Waals surface area contributed by atoms with Gasteiger partial charge in [-0.05, 0) is 41.0 Å². The van der Waals surface area contributed by atoms with Gasteiger partial charge in [-0.15, -0.1) is 0 Å². The second-order valence-electron chi connectivity index (χ2n) is 6.86. The van der Waals surface area contributed by atoms with Gasteiger partial charge in [-0.3, -0.25) is 4.79 Å². The zero-order valence-corrected chi connectivity index (χ0v) is 17.8. The number of piperidine rings is 1. The Labute approximate surface area is 176 Å². The lowest BCUT2D eigenvalue weighted by molar-refractivity contribution is -0.123. The average molecular weight is 485 g/mol. The average Bonchev–Trinajstić information content (AvgIpc) is 2.69. The van der Waals surface area contributed by atoms with E-state index in [1.807, 2.05) is 42.5 Å². The summed E-state index contributed by atoms with van der Waals surface area (Å²) < 4.78 is 2.08. The number of carbonyl (C=O) groups is 1. The van der Waals surface area contributed by atoms with Crippen molar-refractivity contribution >= 4 is 37.6 Å². The Morgan fingerprint density at radius 2 is 1.26 bits per heavy atom. The zero-order chi connectivity index (χ0) is 18.8. The van der Waals surface area contributed by atoms with Crippen LogP contribution < -0.4 is 5.32 Å². The fraction of sp³-hybridized carbons (Fsp3) is 0.174. The second-order valence-corrected chi connectivity index (χ2v) is 8.69. The van der Waals surface area contributed by atoms with Crippen LogP contribution in [0.2, 0.25) is 0 Å². The molecule has 0 bridgehead atoms. The molecular weight excluding hydrogens is 466 g/mol. The SMILES string of the molecule is O=C1C[C@H](c2ccc(Br)cc2)N[C@H](c2ccc(Br)cc2)[C@@H]1c1ccccc1. The van der Waals surface area contributed by atoms with E-state index in [4.69, 9.17) is 0 Å². The van der Waals surface area contributed by atoms with E-state index in [0.717, 1.165) is 25.6 Å². The van der Waals surface area contributed by atoms with Gasteiger partial charge in [0.05, 0.1) is 5.92 Å². The highest BCUT2D eigenvalue weighted by atomic mass is 79.9. The maximum Gasteiger partial charge on any atom is 0.144 e. The molecule has 0 amide bonds. The second kappa shape index (κ2) is 8.09. The zero-order valence-electron chi connectivity index (χ0n) is 14.6. The fourth-order valence-corrected chi connectivity index (χ4v) is 4.32. The molecule has 1 fully saturated rings. The Morgan fingerprint density at radius 1 is 0.704 bits per heavy atom. The molecule has 4 heteroatoms. The van der Waals surface area contributed by atoms with Crippen LogP contribution in [0.25, 0.3) is 0 Å². The first kappa shape index (κ1) is 18.6. The molecule has 27 heavy (non-hydrogen) atoms. The Bertz CT molecular complexity index is 923. The van der Waals surface area contributed by atoms with E-state index in [1.54, 1.807) is 0 Å². The number of hydrogen-bond acceptors (Lipinski definition) is 2. The van der Waals surface area contributed by atoms with Gasteiger partial charge in [0, 0.05) is 27.4 Å². The summed E-state index contributed by atoms with van der Waals surface area (Å²) in [5.41, 5.74) is 3.33. The summed E-state index contributed by atoms with van der Waals surface area (Å²) in [7, 11) is 0. The third-order valence-electron chi connectivity index (χ3n) is 5.13. The van der Waals surface area contributed by atoms with Crippen LogP contribution in [0.3, 0.4) is 0 Å². The fourth-order valence-electron chi connectivity index (χ4n) is 3.79. The minimum absolute atomic E-state index is 0.0132. The summed E-state index contributed by atoms with van der Waals surface area (Å²) in [4.78, 5) is 13.2. The van der Waals surface area contributed by atoms with Gasteiger partial charge in [0.2, 0.25) is 0 Å². The normalized spacial score (nSPS) is 22.6. The van der Waals surface area contributed by atoms with Gasteiger partial charge in [-0.2, -0.15) is 0 Å². The van der Waals surface area contributed by atoms with Crippen molar-refractivity contribution in [2.75, 3.05) is 0 Å². The maximum absolute atomic E-state index is 13.2. The van der Waals surface area contributed by atoms with E-state index < -0.39 is 0 Å². The number of Topliss-reactive ketones (excluding diaryl/α,β-unsaturated/α-hetero) is 1. The molecule has 1 heterocycles. The summed E-state index contributed by atoms with van der Waals surface area (Å²) in [6.45, 7) is 0. The van der Waals surface area contributed by atoms with Crippen LogP contribution in [0.1, 0.15) is 41.1 Å². The van der Waals surface area contributed by atoms with Gasteiger partial charge in [-0.25, -0.2) is 0 Å². The van der Waals surface area contributed by atoms with Gasteiger partial charge in [-0.1, -0.05) is 86.5 Å². The van der Waals surface area contributed by atoms with Crippen LogP contribution in [0.4, 0.5) is 0 Å². The van der Waals surface area contributed by atoms with E-state index in [2.05, 4.69) is 73.6 Å². The lowest BCUT2D eigenvalue weighted by Gasteiger charge is -2.37. The third kappa shape index (κ3) is 4.08. The van der Waals surface area contributed by atoms with E-state index in [0.29, 0.717) is 6.42 Å². The maximum atomic E-state index is 13.2. The van der Waals surface area contributed by atoms with E-state index in [-0.39, 0.29) is 23.8 Å². The van der Waals surface area contributed by atoms with Gasteiger partial charge in [0.1, 0.15) is 5.78 Å². The van der Waals surface area contributed by atoms with Crippen molar-refractivity contribution in [2.24, 2.45) is 0 Å². The monoisotopic (exact) mass is 483 g/mol. The lowest BCUT2D eigenvalue weighted by atomic mass is 9.77. The molecule has 3 aromatic rings. The van der Waals surface area contributed by atoms with Crippen molar-refractivity contribution in [1.29, 1.82) is 0 Å². The van der Waals surface area contributed by atoms with Crippen molar-refractivity contribution < 1.29 is 4.79 Å². The van der Waals surface area contributed by atoms with Crippen molar-refractivity contribution in [3.63, 3.8) is 0 Å². The Morgan fingerprint density at radius 3 is 1.85 bits per heavy atom. The molecular formula is C23H19Br2NO. The van der Waals surface area contributed by atoms with Crippen molar-refractivity contribution in [3.8, 4) is 0 Å². The van der Waals surface area contributed by atoms with Crippen LogP contribution in [-0.4, -0.2) is 5.78 Å². The quantitative estimate of drug-likeness (QED) is 0.469. The van der Waals surface area contributed by atoms with Gasteiger partial charge < -0.3 is 5.32 Å². The molecule has 0 radical (unpaired) electrons. The molecule has 136 valence electrons. The largest absolute Gasteiger partial charge is 0.302 e. The number of hydrogen-bond donors (Lipinski definition) is 1. The van der Waals surface area contributed by atoms with Gasteiger partial charge in [0.25, 0.3) is 0 Å². The predicted molar refractivity (Wildman–Crippen MR) is 116 cm³/mol. The van der Waals surface area contributed by atoms with Gasteiger partial charge in [0.15, 0.2) is 0 Å². The molecule has 1 aliphatic heterocycles. The van der Waals surface area contributed by atoms with Crippen molar-refractivity contribution in [2.45, 2.75) is 24.4 Å². The Kier molecular flexibility index (Phi) is 5.58. The molecule has 3 aromatic carbocycles. The first-order valence-electron chi connectivity index (χ1n) is 8.96. The molecule has 2 nitrogen and oxygen atoms in total. The van der Waals surface area contributed by atoms with Crippen LogP contribution in [-0.2, 0) is 4.79 Å². The van der Waals surface area contributed by atoms with Crippen LogP contribution in [0.5, 0.6) is 0 Å². The Balaban J connectivity index is 1.73. The first-order valence-corrected chi connectivity index (χ1v) is 10.5. The molecule has 0 spiro atoms. The third-order valence-corrected chi connectivity index (χ3v) is 6.18. The highest BCUT2D eigenvalue weighted by molar-refractivity contribution is 9.10. The summed E-state index contributed by atoms with van der Waals surface area (Å²) in [5, 5.41) is 3.75. The number of carbonyl (C=O) groups excluding carboxylic acids is 1. The summed E-state index contributed by atoms with van der Waals surface area (Å²) >= 11 is 6.99. The number of rotatable bonds is 3. The van der Waals surface area contributed by atoms with E-state index >= 15 is 0 Å². The predicted octanol–water partition coefficient (Wildman–Crippen LogP) is 6.34. The molecule has 1 aliphatic rings.